The Labute approximate surface area is 97.8 Å². The Morgan fingerprint density at radius 2 is 2.07 bits per heavy atom. The molecule has 1 rings (SSSR count). The molecule has 5 heteroatoms. The van der Waals surface area contributed by atoms with E-state index in [1.165, 1.54) is 0 Å². The zero-order chi connectivity index (χ0) is 11.4. The number of carbonyl (C=O) groups excluding carboxylic acids is 1. The number of primary amides is 1. The summed E-state index contributed by atoms with van der Waals surface area (Å²) in [5.74, 6) is -0.601. The van der Waals surface area contributed by atoms with Crippen molar-refractivity contribution >= 4 is 29.1 Å². The van der Waals surface area contributed by atoms with Crippen LogP contribution in [0.1, 0.15) is 22.3 Å². The molecule has 0 atom stereocenters. The number of aliphatic hydroxyl groups excluding tert-OH is 1. The molecule has 82 valence electrons. The Morgan fingerprint density at radius 3 is 2.60 bits per heavy atom. The number of hydrogen-bond acceptors (Lipinski definition) is 2. The summed E-state index contributed by atoms with van der Waals surface area (Å²) in [6.07, 6.45) is 1.10. The maximum Gasteiger partial charge on any atom is 0.250 e. The van der Waals surface area contributed by atoms with E-state index in [0.29, 0.717) is 23.4 Å². The molecule has 0 aliphatic heterocycles. The lowest BCUT2D eigenvalue weighted by atomic mass is 10.0. The monoisotopic (exact) mass is 247 g/mol. The van der Waals surface area contributed by atoms with Crippen molar-refractivity contribution in [3.63, 3.8) is 0 Å². The zero-order valence-corrected chi connectivity index (χ0v) is 9.48. The molecular weight excluding hydrogens is 237 g/mol. The normalized spacial score (nSPS) is 10.3. The SMILES string of the molecule is NC(=O)c1c(CCCO)ccc(Cl)c1Cl. The number of halogens is 2. The van der Waals surface area contributed by atoms with Crippen LogP contribution in [0.15, 0.2) is 12.1 Å². The molecule has 0 saturated heterocycles. The van der Waals surface area contributed by atoms with Crippen LogP contribution < -0.4 is 5.73 Å². The minimum atomic E-state index is -0.601. The molecule has 0 aliphatic carbocycles. The first-order valence-electron chi connectivity index (χ1n) is 4.45. The second-order valence-corrected chi connectivity index (χ2v) is 3.87. The van der Waals surface area contributed by atoms with E-state index in [1.54, 1.807) is 12.1 Å². The molecule has 0 radical (unpaired) electrons. The third kappa shape index (κ3) is 2.84. The molecule has 0 aromatic heterocycles. The third-order valence-electron chi connectivity index (χ3n) is 2.03. The fourth-order valence-electron chi connectivity index (χ4n) is 1.33. The van der Waals surface area contributed by atoms with Gasteiger partial charge in [0.2, 0.25) is 0 Å². The molecule has 15 heavy (non-hydrogen) atoms. The minimum absolute atomic E-state index is 0.0540. The van der Waals surface area contributed by atoms with Crippen molar-refractivity contribution in [2.45, 2.75) is 12.8 Å². The summed E-state index contributed by atoms with van der Waals surface area (Å²) in [7, 11) is 0. The summed E-state index contributed by atoms with van der Waals surface area (Å²) >= 11 is 11.7. The van der Waals surface area contributed by atoms with E-state index in [0.717, 1.165) is 0 Å². The summed E-state index contributed by atoms with van der Waals surface area (Å²) in [6.45, 7) is 0.0540. The van der Waals surface area contributed by atoms with Gasteiger partial charge in [0.1, 0.15) is 0 Å². The van der Waals surface area contributed by atoms with Gasteiger partial charge in [0.25, 0.3) is 5.91 Å². The molecule has 1 aromatic carbocycles. The van der Waals surface area contributed by atoms with Gasteiger partial charge in [0.05, 0.1) is 15.6 Å². The number of carbonyl (C=O) groups is 1. The highest BCUT2D eigenvalue weighted by Crippen LogP contribution is 2.28. The van der Waals surface area contributed by atoms with E-state index >= 15 is 0 Å². The van der Waals surface area contributed by atoms with Gasteiger partial charge in [-0.2, -0.15) is 0 Å². The van der Waals surface area contributed by atoms with Crippen molar-refractivity contribution in [1.82, 2.24) is 0 Å². The average molecular weight is 248 g/mol. The molecule has 0 fully saturated rings. The standard InChI is InChI=1S/C10H11Cl2NO2/c11-7-4-3-6(2-1-5-14)8(9(7)12)10(13)15/h3-4,14H,1-2,5H2,(H2,13,15). The molecule has 0 bridgehead atoms. The van der Waals surface area contributed by atoms with Crippen LogP contribution in [0.3, 0.4) is 0 Å². The van der Waals surface area contributed by atoms with Gasteiger partial charge in [-0.3, -0.25) is 4.79 Å². The minimum Gasteiger partial charge on any atom is -0.396 e. The van der Waals surface area contributed by atoms with Gasteiger partial charge >= 0.3 is 0 Å². The molecule has 0 spiro atoms. The maximum absolute atomic E-state index is 11.2. The number of benzene rings is 1. The topological polar surface area (TPSA) is 63.3 Å². The first-order valence-corrected chi connectivity index (χ1v) is 5.21. The molecule has 1 amide bonds. The predicted octanol–water partition coefficient (Wildman–Crippen LogP) is 2.02. The average Bonchev–Trinajstić information content (AvgIpc) is 2.19. The van der Waals surface area contributed by atoms with E-state index in [4.69, 9.17) is 34.0 Å². The summed E-state index contributed by atoms with van der Waals surface area (Å²) in [6, 6.07) is 3.31. The Bertz CT molecular complexity index is 380. The van der Waals surface area contributed by atoms with E-state index < -0.39 is 5.91 Å². The van der Waals surface area contributed by atoms with Crippen molar-refractivity contribution in [2.75, 3.05) is 6.61 Å². The molecule has 0 aliphatic rings. The van der Waals surface area contributed by atoms with Crippen LogP contribution in [0.25, 0.3) is 0 Å². The molecule has 1 aromatic rings. The Kier molecular flexibility index (Phi) is 4.39. The zero-order valence-electron chi connectivity index (χ0n) is 7.96. The van der Waals surface area contributed by atoms with Gasteiger partial charge in [0.15, 0.2) is 0 Å². The number of hydrogen-bond donors (Lipinski definition) is 2. The van der Waals surface area contributed by atoms with Gasteiger partial charge in [-0.1, -0.05) is 29.3 Å². The van der Waals surface area contributed by atoms with Gasteiger partial charge < -0.3 is 10.8 Å². The lowest BCUT2D eigenvalue weighted by molar-refractivity contribution is 0.0999. The molecule has 0 unspecified atom stereocenters. The van der Waals surface area contributed by atoms with E-state index in [-0.39, 0.29) is 17.2 Å². The third-order valence-corrected chi connectivity index (χ3v) is 2.84. The van der Waals surface area contributed by atoms with Gasteiger partial charge in [-0.15, -0.1) is 0 Å². The van der Waals surface area contributed by atoms with E-state index in [1.807, 2.05) is 0 Å². The number of rotatable bonds is 4. The summed E-state index contributed by atoms with van der Waals surface area (Å²) in [4.78, 5) is 11.2. The van der Waals surface area contributed by atoms with Crippen molar-refractivity contribution < 1.29 is 9.90 Å². The lowest BCUT2D eigenvalue weighted by Gasteiger charge is -2.09. The van der Waals surface area contributed by atoms with Crippen LogP contribution in [-0.4, -0.2) is 17.6 Å². The Balaban J connectivity index is 3.15. The number of amides is 1. The lowest BCUT2D eigenvalue weighted by Crippen LogP contribution is -2.15. The van der Waals surface area contributed by atoms with Gasteiger partial charge in [0, 0.05) is 6.61 Å². The fourth-order valence-corrected chi connectivity index (χ4v) is 1.77. The second kappa shape index (κ2) is 5.35. The smallest absolute Gasteiger partial charge is 0.250 e. The van der Waals surface area contributed by atoms with Crippen molar-refractivity contribution in [2.24, 2.45) is 5.73 Å². The van der Waals surface area contributed by atoms with Gasteiger partial charge in [-0.25, -0.2) is 0 Å². The summed E-state index contributed by atoms with van der Waals surface area (Å²) in [5, 5.41) is 9.19. The van der Waals surface area contributed by atoms with Crippen LogP contribution in [0, 0.1) is 0 Å². The highest BCUT2D eigenvalue weighted by molar-refractivity contribution is 6.44. The predicted molar refractivity (Wildman–Crippen MR) is 60.4 cm³/mol. The Morgan fingerprint density at radius 1 is 1.40 bits per heavy atom. The fraction of sp³-hybridized carbons (Fsp3) is 0.300. The van der Waals surface area contributed by atoms with E-state index in [9.17, 15) is 4.79 Å². The number of aryl methyl sites for hydroxylation is 1. The summed E-state index contributed by atoms with van der Waals surface area (Å²) < 4.78 is 0. The van der Waals surface area contributed by atoms with Crippen LogP contribution in [-0.2, 0) is 6.42 Å². The Hall–Kier alpha value is -0.770. The van der Waals surface area contributed by atoms with Crippen LogP contribution in [0.2, 0.25) is 10.0 Å². The number of aliphatic hydroxyl groups is 1. The molecule has 3 N–H and O–H groups in total. The number of nitrogens with two attached hydrogens (primary N) is 1. The first kappa shape index (κ1) is 12.3. The largest absolute Gasteiger partial charge is 0.396 e. The highest BCUT2D eigenvalue weighted by atomic mass is 35.5. The highest BCUT2D eigenvalue weighted by Gasteiger charge is 2.14. The van der Waals surface area contributed by atoms with E-state index in [2.05, 4.69) is 0 Å². The summed E-state index contributed by atoms with van der Waals surface area (Å²) in [5.41, 5.74) is 6.17. The van der Waals surface area contributed by atoms with Crippen LogP contribution >= 0.6 is 23.2 Å². The van der Waals surface area contributed by atoms with Crippen LogP contribution in [0.5, 0.6) is 0 Å². The maximum atomic E-state index is 11.2. The molecular formula is C10H11Cl2NO2. The van der Waals surface area contributed by atoms with Crippen molar-refractivity contribution in [3.05, 3.63) is 33.3 Å². The molecule has 0 saturated carbocycles. The van der Waals surface area contributed by atoms with Crippen molar-refractivity contribution in [1.29, 1.82) is 0 Å². The second-order valence-electron chi connectivity index (χ2n) is 3.09. The van der Waals surface area contributed by atoms with Crippen LogP contribution in [0.4, 0.5) is 0 Å². The molecule has 3 nitrogen and oxygen atoms in total. The first-order chi connectivity index (χ1) is 7.07. The quantitative estimate of drug-likeness (QED) is 0.856. The molecule has 0 heterocycles. The van der Waals surface area contributed by atoms with Crippen molar-refractivity contribution in [3.8, 4) is 0 Å². The van der Waals surface area contributed by atoms with Gasteiger partial charge in [-0.05, 0) is 24.5 Å².